The highest BCUT2D eigenvalue weighted by Gasteiger charge is 2.32. The second-order valence-electron chi connectivity index (χ2n) is 7.22. The summed E-state index contributed by atoms with van der Waals surface area (Å²) in [4.78, 5) is 29.0. The number of nitrogens with zero attached hydrogens (tertiary/aromatic N) is 2. The minimum atomic E-state index is -0.151. The third kappa shape index (κ3) is 3.12. The van der Waals surface area contributed by atoms with E-state index in [0.29, 0.717) is 19.5 Å². The zero-order chi connectivity index (χ0) is 18.1. The molecule has 2 aromatic rings. The van der Waals surface area contributed by atoms with Crippen LogP contribution in [0.5, 0.6) is 0 Å². The Labute approximate surface area is 154 Å². The number of hydrogen-bond donors (Lipinski definition) is 0. The molecular weight excluding hydrogens is 324 g/mol. The average molecular weight is 348 g/mol. The SMILES string of the molecule is CC(=O)N1CCc2ccccc2[C@H]1CC(=O)N1CCc2ccccc2C1. The van der Waals surface area contributed by atoms with Gasteiger partial charge in [-0.15, -0.1) is 0 Å². The molecule has 0 saturated carbocycles. The molecule has 0 N–H and O–H groups in total. The van der Waals surface area contributed by atoms with Gasteiger partial charge in [-0.05, 0) is 35.1 Å². The highest BCUT2D eigenvalue weighted by molar-refractivity contribution is 5.80. The van der Waals surface area contributed by atoms with Gasteiger partial charge in [0.25, 0.3) is 0 Å². The number of benzene rings is 2. The Morgan fingerprint density at radius 2 is 1.58 bits per heavy atom. The van der Waals surface area contributed by atoms with Gasteiger partial charge in [-0.25, -0.2) is 0 Å². The second kappa shape index (κ2) is 6.94. The first-order valence-corrected chi connectivity index (χ1v) is 9.33. The van der Waals surface area contributed by atoms with Crippen molar-refractivity contribution in [3.8, 4) is 0 Å². The quantitative estimate of drug-likeness (QED) is 0.837. The molecule has 0 aromatic heterocycles. The van der Waals surface area contributed by atoms with Crippen molar-refractivity contribution < 1.29 is 9.59 Å². The van der Waals surface area contributed by atoms with Crippen LogP contribution in [0.15, 0.2) is 48.5 Å². The lowest BCUT2D eigenvalue weighted by molar-refractivity contribution is -0.137. The van der Waals surface area contributed by atoms with E-state index in [-0.39, 0.29) is 17.9 Å². The fraction of sp³-hybridized carbons (Fsp3) is 0.364. The normalized spacial score (nSPS) is 18.9. The molecule has 4 rings (SSSR count). The molecule has 26 heavy (non-hydrogen) atoms. The summed E-state index contributed by atoms with van der Waals surface area (Å²) in [6, 6.07) is 16.4. The van der Waals surface area contributed by atoms with Gasteiger partial charge in [0.1, 0.15) is 0 Å². The lowest BCUT2D eigenvalue weighted by atomic mass is 9.90. The summed E-state index contributed by atoms with van der Waals surface area (Å²) in [6.07, 6.45) is 2.12. The van der Waals surface area contributed by atoms with Gasteiger partial charge in [0.2, 0.25) is 11.8 Å². The number of amides is 2. The van der Waals surface area contributed by atoms with E-state index in [1.807, 2.05) is 28.0 Å². The van der Waals surface area contributed by atoms with Crippen LogP contribution in [0.25, 0.3) is 0 Å². The third-order valence-corrected chi connectivity index (χ3v) is 5.67. The van der Waals surface area contributed by atoms with E-state index in [1.54, 1.807) is 6.92 Å². The minimum Gasteiger partial charge on any atom is -0.338 e. The lowest BCUT2D eigenvalue weighted by Crippen LogP contribution is -2.43. The van der Waals surface area contributed by atoms with Crippen molar-refractivity contribution in [2.24, 2.45) is 0 Å². The van der Waals surface area contributed by atoms with Gasteiger partial charge in [0.05, 0.1) is 12.5 Å². The zero-order valence-corrected chi connectivity index (χ0v) is 15.1. The van der Waals surface area contributed by atoms with Gasteiger partial charge in [-0.1, -0.05) is 48.5 Å². The maximum Gasteiger partial charge on any atom is 0.225 e. The van der Waals surface area contributed by atoms with Crippen LogP contribution in [0.4, 0.5) is 0 Å². The van der Waals surface area contributed by atoms with E-state index in [4.69, 9.17) is 0 Å². The van der Waals surface area contributed by atoms with Gasteiger partial charge in [-0.2, -0.15) is 0 Å². The first kappa shape index (κ1) is 16.8. The van der Waals surface area contributed by atoms with Crippen LogP contribution in [-0.2, 0) is 29.0 Å². The first-order chi connectivity index (χ1) is 12.6. The highest BCUT2D eigenvalue weighted by atomic mass is 16.2. The monoisotopic (exact) mass is 348 g/mol. The molecule has 0 bridgehead atoms. The maximum atomic E-state index is 13.0. The van der Waals surface area contributed by atoms with Crippen LogP contribution in [0.3, 0.4) is 0 Å². The summed E-state index contributed by atoms with van der Waals surface area (Å²) in [5.74, 6) is 0.175. The molecule has 2 aromatic carbocycles. The fourth-order valence-electron chi connectivity index (χ4n) is 4.25. The Hall–Kier alpha value is -2.62. The highest BCUT2D eigenvalue weighted by Crippen LogP contribution is 2.33. The van der Waals surface area contributed by atoms with E-state index in [9.17, 15) is 9.59 Å². The molecule has 2 heterocycles. The smallest absolute Gasteiger partial charge is 0.225 e. The summed E-state index contributed by atoms with van der Waals surface area (Å²) < 4.78 is 0. The van der Waals surface area contributed by atoms with Crippen molar-refractivity contribution in [2.75, 3.05) is 13.1 Å². The largest absolute Gasteiger partial charge is 0.338 e. The van der Waals surface area contributed by atoms with Crippen molar-refractivity contribution in [2.45, 2.75) is 38.8 Å². The molecule has 0 saturated heterocycles. The summed E-state index contributed by atoms with van der Waals surface area (Å²) >= 11 is 0. The lowest BCUT2D eigenvalue weighted by Gasteiger charge is -2.38. The minimum absolute atomic E-state index is 0.0429. The number of fused-ring (bicyclic) bond motifs is 2. The molecule has 2 aliphatic heterocycles. The summed E-state index contributed by atoms with van der Waals surface area (Å²) in [5.41, 5.74) is 4.95. The molecule has 0 aliphatic carbocycles. The van der Waals surface area contributed by atoms with Gasteiger partial charge in [0, 0.05) is 26.6 Å². The van der Waals surface area contributed by atoms with E-state index < -0.39 is 0 Å². The Kier molecular flexibility index (Phi) is 4.49. The average Bonchev–Trinajstić information content (AvgIpc) is 2.67. The van der Waals surface area contributed by atoms with Gasteiger partial charge in [-0.3, -0.25) is 9.59 Å². The summed E-state index contributed by atoms with van der Waals surface area (Å²) in [5, 5.41) is 0. The number of carbonyl (C=O) groups excluding carboxylic acids is 2. The molecule has 1 atom stereocenters. The van der Waals surface area contributed by atoms with Gasteiger partial charge in [0.15, 0.2) is 0 Å². The van der Waals surface area contributed by atoms with Gasteiger partial charge < -0.3 is 9.80 Å². The number of hydrogen-bond acceptors (Lipinski definition) is 2. The molecular formula is C22H24N2O2. The van der Waals surface area contributed by atoms with E-state index in [1.165, 1.54) is 16.7 Å². The molecule has 4 nitrogen and oxygen atoms in total. The molecule has 0 radical (unpaired) electrons. The van der Waals surface area contributed by atoms with Crippen LogP contribution in [0, 0.1) is 0 Å². The predicted molar refractivity (Wildman–Crippen MR) is 100 cm³/mol. The van der Waals surface area contributed by atoms with Crippen LogP contribution < -0.4 is 0 Å². The van der Waals surface area contributed by atoms with Crippen molar-refractivity contribution in [3.63, 3.8) is 0 Å². The topological polar surface area (TPSA) is 40.6 Å². The van der Waals surface area contributed by atoms with Crippen LogP contribution >= 0.6 is 0 Å². The Morgan fingerprint density at radius 1 is 0.923 bits per heavy atom. The predicted octanol–water partition coefficient (Wildman–Crippen LogP) is 3.11. The van der Waals surface area contributed by atoms with Crippen molar-refractivity contribution in [3.05, 3.63) is 70.8 Å². The molecule has 4 heteroatoms. The Balaban J connectivity index is 1.55. The first-order valence-electron chi connectivity index (χ1n) is 9.33. The fourth-order valence-corrected chi connectivity index (χ4v) is 4.25. The zero-order valence-electron chi connectivity index (χ0n) is 15.1. The molecule has 0 unspecified atom stereocenters. The maximum absolute atomic E-state index is 13.0. The van der Waals surface area contributed by atoms with E-state index >= 15 is 0 Å². The molecule has 2 amide bonds. The Morgan fingerprint density at radius 3 is 2.35 bits per heavy atom. The standard InChI is InChI=1S/C22H24N2O2/c1-16(25)24-13-11-18-7-4-5-9-20(18)21(24)14-22(26)23-12-10-17-6-2-3-8-19(17)15-23/h2-9,21H,10-15H2,1H3/t21-/m1/s1. The van der Waals surface area contributed by atoms with Crippen molar-refractivity contribution in [1.82, 2.24) is 9.80 Å². The van der Waals surface area contributed by atoms with Crippen LogP contribution in [0.1, 0.15) is 41.6 Å². The van der Waals surface area contributed by atoms with E-state index in [0.717, 1.165) is 24.9 Å². The second-order valence-corrected chi connectivity index (χ2v) is 7.22. The molecule has 0 fully saturated rings. The molecule has 2 aliphatic rings. The van der Waals surface area contributed by atoms with Crippen molar-refractivity contribution in [1.29, 1.82) is 0 Å². The van der Waals surface area contributed by atoms with E-state index in [2.05, 4.69) is 30.3 Å². The number of carbonyl (C=O) groups is 2. The Bertz CT molecular complexity index is 846. The molecule has 134 valence electrons. The van der Waals surface area contributed by atoms with Crippen LogP contribution in [-0.4, -0.2) is 34.7 Å². The van der Waals surface area contributed by atoms with Crippen LogP contribution in [0.2, 0.25) is 0 Å². The third-order valence-electron chi connectivity index (χ3n) is 5.67. The van der Waals surface area contributed by atoms with Gasteiger partial charge >= 0.3 is 0 Å². The summed E-state index contributed by atoms with van der Waals surface area (Å²) in [7, 11) is 0. The number of rotatable bonds is 2. The van der Waals surface area contributed by atoms with Crippen molar-refractivity contribution >= 4 is 11.8 Å². The summed E-state index contributed by atoms with van der Waals surface area (Å²) in [6.45, 7) is 3.71. The molecule has 0 spiro atoms.